The third-order valence-corrected chi connectivity index (χ3v) is 2.77. The van der Waals surface area contributed by atoms with Crippen molar-refractivity contribution in [3.8, 4) is 0 Å². The van der Waals surface area contributed by atoms with Crippen LogP contribution in [-0.4, -0.2) is 46.5 Å². The average Bonchev–Trinajstić information content (AvgIpc) is 2.64. The second-order valence-corrected chi connectivity index (χ2v) is 4.00. The number of hydrogen-bond donors (Lipinski definition) is 3. The monoisotopic (exact) mass is 240 g/mol. The summed E-state index contributed by atoms with van der Waals surface area (Å²) in [7, 11) is 0. The van der Waals surface area contributed by atoms with E-state index >= 15 is 0 Å². The van der Waals surface area contributed by atoms with Crippen LogP contribution in [0.1, 0.15) is 5.56 Å². The first-order valence-corrected chi connectivity index (χ1v) is 5.50. The fourth-order valence-corrected chi connectivity index (χ4v) is 1.84. The van der Waals surface area contributed by atoms with E-state index in [0.717, 1.165) is 5.56 Å². The minimum atomic E-state index is -1.30. The zero-order chi connectivity index (χ0) is 12.3. The molecule has 5 nitrogen and oxygen atoms in total. The van der Waals surface area contributed by atoms with Gasteiger partial charge in [0.25, 0.3) is 0 Å². The molecule has 1 aliphatic heterocycles. The van der Waals surface area contributed by atoms with Crippen LogP contribution >= 0.6 is 0 Å². The van der Waals surface area contributed by atoms with Crippen LogP contribution in [0.4, 0.5) is 0 Å². The van der Waals surface area contributed by atoms with Crippen molar-refractivity contribution in [2.75, 3.05) is 6.61 Å². The smallest absolute Gasteiger partial charge is 0.184 e. The van der Waals surface area contributed by atoms with Gasteiger partial charge in [-0.25, -0.2) is 0 Å². The molecule has 1 aromatic carbocycles. The maximum Gasteiger partial charge on any atom is 0.184 e. The maximum absolute atomic E-state index is 9.63. The van der Waals surface area contributed by atoms with Gasteiger partial charge in [-0.05, 0) is 5.56 Å². The van der Waals surface area contributed by atoms with Gasteiger partial charge in [-0.2, -0.15) is 0 Å². The van der Waals surface area contributed by atoms with Gasteiger partial charge in [-0.15, -0.1) is 0 Å². The molecule has 0 unspecified atom stereocenters. The Morgan fingerprint density at radius 2 is 1.88 bits per heavy atom. The van der Waals surface area contributed by atoms with Crippen molar-refractivity contribution in [2.45, 2.75) is 31.2 Å². The van der Waals surface area contributed by atoms with Crippen LogP contribution in [0.15, 0.2) is 30.3 Å². The Morgan fingerprint density at radius 1 is 1.18 bits per heavy atom. The van der Waals surface area contributed by atoms with Crippen LogP contribution in [0.5, 0.6) is 0 Å². The molecule has 0 aromatic heterocycles. The van der Waals surface area contributed by atoms with Gasteiger partial charge in [-0.1, -0.05) is 30.3 Å². The molecule has 0 radical (unpaired) electrons. The number of aliphatic hydroxyl groups is 3. The number of aliphatic hydroxyl groups excluding tert-OH is 3. The molecule has 1 fully saturated rings. The molecule has 0 bridgehead atoms. The van der Waals surface area contributed by atoms with Crippen LogP contribution in [-0.2, 0) is 16.1 Å². The third-order valence-electron chi connectivity index (χ3n) is 2.77. The first kappa shape index (κ1) is 12.5. The standard InChI is InChI=1S/C12H16O5/c13-6-9-11(10(14)12(15)17-9)16-7-8-4-2-1-3-5-8/h1-5,9-15H,6-7H2/t9-,10-,11-,12+/m1/s1. The maximum atomic E-state index is 9.63. The summed E-state index contributed by atoms with van der Waals surface area (Å²) < 4.78 is 10.4. The van der Waals surface area contributed by atoms with Crippen molar-refractivity contribution in [1.29, 1.82) is 0 Å². The fraction of sp³-hybridized carbons (Fsp3) is 0.500. The molecule has 0 aliphatic carbocycles. The van der Waals surface area contributed by atoms with Gasteiger partial charge in [0, 0.05) is 0 Å². The van der Waals surface area contributed by atoms with Gasteiger partial charge in [0.05, 0.1) is 13.2 Å². The second kappa shape index (κ2) is 5.57. The topological polar surface area (TPSA) is 79.2 Å². The van der Waals surface area contributed by atoms with Gasteiger partial charge < -0.3 is 24.8 Å². The second-order valence-electron chi connectivity index (χ2n) is 4.00. The van der Waals surface area contributed by atoms with E-state index in [0.29, 0.717) is 6.61 Å². The Labute approximate surface area is 99.2 Å². The highest BCUT2D eigenvalue weighted by Gasteiger charge is 2.43. The van der Waals surface area contributed by atoms with Crippen LogP contribution in [0.2, 0.25) is 0 Å². The van der Waals surface area contributed by atoms with E-state index in [1.807, 2.05) is 30.3 Å². The first-order valence-electron chi connectivity index (χ1n) is 5.50. The summed E-state index contributed by atoms with van der Waals surface area (Å²) in [6.07, 6.45) is -3.83. The molecule has 1 saturated heterocycles. The minimum absolute atomic E-state index is 0.298. The van der Waals surface area contributed by atoms with E-state index in [1.54, 1.807) is 0 Å². The molecule has 5 heteroatoms. The predicted molar refractivity (Wildman–Crippen MR) is 59.0 cm³/mol. The Hall–Kier alpha value is -0.980. The van der Waals surface area contributed by atoms with Crippen LogP contribution in [0.25, 0.3) is 0 Å². The molecule has 3 N–H and O–H groups in total. The molecule has 0 saturated carbocycles. The van der Waals surface area contributed by atoms with Gasteiger partial charge in [-0.3, -0.25) is 0 Å². The molecular formula is C12H16O5. The molecule has 4 atom stereocenters. The van der Waals surface area contributed by atoms with Crippen molar-refractivity contribution in [1.82, 2.24) is 0 Å². The van der Waals surface area contributed by atoms with E-state index in [2.05, 4.69) is 0 Å². The molecule has 0 amide bonds. The Morgan fingerprint density at radius 3 is 2.53 bits per heavy atom. The van der Waals surface area contributed by atoms with Crippen LogP contribution < -0.4 is 0 Å². The van der Waals surface area contributed by atoms with E-state index in [1.165, 1.54) is 0 Å². The van der Waals surface area contributed by atoms with Crippen molar-refractivity contribution in [2.24, 2.45) is 0 Å². The molecule has 94 valence electrons. The molecule has 1 aromatic rings. The zero-order valence-electron chi connectivity index (χ0n) is 9.27. The zero-order valence-corrected chi connectivity index (χ0v) is 9.27. The third kappa shape index (κ3) is 2.83. The van der Waals surface area contributed by atoms with Gasteiger partial charge in [0.1, 0.15) is 18.3 Å². The lowest BCUT2D eigenvalue weighted by molar-refractivity contribution is -0.132. The van der Waals surface area contributed by atoms with Crippen molar-refractivity contribution < 1.29 is 24.8 Å². The summed E-state index contributed by atoms with van der Waals surface area (Å²) in [5.74, 6) is 0. The molecular weight excluding hydrogens is 224 g/mol. The highest BCUT2D eigenvalue weighted by atomic mass is 16.7. The summed E-state index contributed by atoms with van der Waals surface area (Å²) in [4.78, 5) is 0. The Kier molecular flexibility index (Phi) is 4.09. The summed E-state index contributed by atoms with van der Waals surface area (Å²) in [6.45, 7) is 0.00270. The van der Waals surface area contributed by atoms with E-state index < -0.39 is 24.6 Å². The van der Waals surface area contributed by atoms with Gasteiger partial charge >= 0.3 is 0 Å². The lowest BCUT2D eigenvalue weighted by Crippen LogP contribution is -2.36. The van der Waals surface area contributed by atoms with Crippen molar-refractivity contribution in [3.63, 3.8) is 0 Å². The molecule has 1 aliphatic rings. The number of ether oxygens (including phenoxy) is 2. The summed E-state index contributed by atoms with van der Waals surface area (Å²) in [5.41, 5.74) is 0.956. The summed E-state index contributed by atoms with van der Waals surface area (Å²) in [6, 6.07) is 9.47. The molecule has 1 heterocycles. The lowest BCUT2D eigenvalue weighted by atomic mass is 10.1. The SMILES string of the molecule is OC[C@H]1O[C@H](O)[C@H](O)[C@@H]1OCc1ccccc1. The van der Waals surface area contributed by atoms with E-state index in [9.17, 15) is 10.2 Å². The normalized spacial score (nSPS) is 32.9. The fourth-order valence-electron chi connectivity index (χ4n) is 1.84. The predicted octanol–water partition coefficient (Wildman–Crippen LogP) is -0.358. The Bertz CT molecular complexity index is 342. The van der Waals surface area contributed by atoms with E-state index in [4.69, 9.17) is 14.6 Å². The highest BCUT2D eigenvalue weighted by molar-refractivity contribution is 5.13. The number of hydrogen-bond acceptors (Lipinski definition) is 5. The molecule has 0 spiro atoms. The van der Waals surface area contributed by atoms with Crippen molar-refractivity contribution in [3.05, 3.63) is 35.9 Å². The first-order chi connectivity index (χ1) is 8.22. The lowest BCUT2D eigenvalue weighted by Gasteiger charge is -2.19. The largest absolute Gasteiger partial charge is 0.394 e. The van der Waals surface area contributed by atoms with Gasteiger partial charge in [0.15, 0.2) is 6.29 Å². The van der Waals surface area contributed by atoms with E-state index in [-0.39, 0.29) is 6.61 Å². The van der Waals surface area contributed by atoms with Crippen molar-refractivity contribution >= 4 is 0 Å². The van der Waals surface area contributed by atoms with Crippen LogP contribution in [0, 0.1) is 0 Å². The Balaban J connectivity index is 1.93. The summed E-state index contributed by atoms with van der Waals surface area (Å²) in [5, 5.41) is 28.0. The molecule has 17 heavy (non-hydrogen) atoms. The highest BCUT2D eigenvalue weighted by Crippen LogP contribution is 2.23. The minimum Gasteiger partial charge on any atom is -0.394 e. The number of benzene rings is 1. The average molecular weight is 240 g/mol. The van der Waals surface area contributed by atoms with Crippen LogP contribution in [0.3, 0.4) is 0 Å². The van der Waals surface area contributed by atoms with Gasteiger partial charge in [0.2, 0.25) is 0 Å². The quantitative estimate of drug-likeness (QED) is 0.670. The summed E-state index contributed by atoms with van der Waals surface area (Å²) >= 11 is 0. The molecule has 2 rings (SSSR count). The number of rotatable bonds is 4.